The summed E-state index contributed by atoms with van der Waals surface area (Å²) in [7, 11) is 0. The second-order valence-electron chi connectivity index (χ2n) is 4.21. The van der Waals surface area contributed by atoms with Crippen LogP contribution in [0.15, 0.2) is 29.8 Å². The van der Waals surface area contributed by atoms with E-state index >= 15 is 0 Å². The maximum Gasteiger partial charge on any atom is 0.267 e. The third-order valence-electron chi connectivity index (χ3n) is 2.74. The third kappa shape index (κ3) is 3.88. The zero-order valence-corrected chi connectivity index (χ0v) is 13.1. The van der Waals surface area contributed by atoms with E-state index in [0.29, 0.717) is 4.88 Å². The lowest BCUT2D eigenvalue weighted by Crippen LogP contribution is -2.11. The Balaban J connectivity index is 2.07. The maximum absolute atomic E-state index is 12.1. The molecule has 5 heteroatoms. The van der Waals surface area contributed by atoms with E-state index in [1.165, 1.54) is 16.9 Å². The van der Waals surface area contributed by atoms with Crippen LogP contribution in [-0.4, -0.2) is 16.2 Å². The smallest absolute Gasteiger partial charge is 0.267 e. The van der Waals surface area contributed by atoms with Gasteiger partial charge in [-0.15, -0.1) is 11.3 Å². The second-order valence-corrected chi connectivity index (χ2v) is 5.86. The molecule has 2 rings (SSSR count). The fourth-order valence-electron chi connectivity index (χ4n) is 1.78. The molecule has 1 aromatic heterocycles. The Bertz CT molecular complexity index is 568. The zero-order valence-electron chi connectivity index (χ0n) is 10.6. The summed E-state index contributed by atoms with van der Waals surface area (Å²) in [4.78, 5) is 16.8. The lowest BCUT2D eigenvalue weighted by molar-refractivity contribution is 0.103. The van der Waals surface area contributed by atoms with Gasteiger partial charge in [-0.25, -0.2) is 4.98 Å². The summed E-state index contributed by atoms with van der Waals surface area (Å²) in [6.07, 6.45) is 2.10. The first-order chi connectivity index (χ1) is 9.20. The Morgan fingerprint density at radius 2 is 2.32 bits per heavy atom. The van der Waals surface area contributed by atoms with Crippen molar-refractivity contribution in [2.45, 2.75) is 19.8 Å². The Hall–Kier alpha value is -1.20. The average molecular weight is 339 g/mol. The van der Waals surface area contributed by atoms with Crippen LogP contribution in [0, 0.1) is 6.92 Å². The monoisotopic (exact) mass is 338 g/mol. The average Bonchev–Trinajstić information content (AvgIpc) is 2.83. The van der Waals surface area contributed by atoms with Crippen molar-refractivity contribution in [3.05, 3.63) is 45.9 Å². The largest absolute Gasteiger partial charge is 0.321 e. The molecular weight excluding hydrogens is 324 g/mol. The Morgan fingerprint density at radius 1 is 1.47 bits per heavy atom. The molecule has 1 N–H and O–H groups in total. The highest BCUT2D eigenvalue weighted by molar-refractivity contribution is 9.09. The van der Waals surface area contributed by atoms with Crippen molar-refractivity contribution < 1.29 is 4.79 Å². The number of aromatic nitrogens is 1. The van der Waals surface area contributed by atoms with Crippen molar-refractivity contribution in [1.29, 1.82) is 0 Å². The van der Waals surface area contributed by atoms with Crippen LogP contribution in [0.25, 0.3) is 0 Å². The van der Waals surface area contributed by atoms with E-state index in [-0.39, 0.29) is 5.91 Å². The van der Waals surface area contributed by atoms with E-state index in [0.717, 1.165) is 29.6 Å². The number of thiazole rings is 1. The normalized spacial score (nSPS) is 10.4. The molecule has 0 spiro atoms. The summed E-state index contributed by atoms with van der Waals surface area (Å²) in [5, 5.41) is 3.91. The van der Waals surface area contributed by atoms with Gasteiger partial charge in [0.1, 0.15) is 4.88 Å². The van der Waals surface area contributed by atoms with Crippen molar-refractivity contribution in [1.82, 2.24) is 4.98 Å². The van der Waals surface area contributed by atoms with Crippen molar-refractivity contribution in [2.24, 2.45) is 0 Å². The molecule has 3 nitrogen and oxygen atoms in total. The van der Waals surface area contributed by atoms with Gasteiger partial charge < -0.3 is 5.32 Å². The summed E-state index contributed by atoms with van der Waals surface area (Å²) >= 11 is 4.79. The number of halogens is 1. The quantitative estimate of drug-likeness (QED) is 0.836. The highest BCUT2D eigenvalue weighted by atomic mass is 79.9. The number of nitrogens with one attached hydrogen (secondary N) is 1. The van der Waals surface area contributed by atoms with Gasteiger partial charge in [0.25, 0.3) is 5.91 Å². The fourth-order valence-corrected chi connectivity index (χ4v) is 2.76. The Morgan fingerprint density at radius 3 is 3.00 bits per heavy atom. The summed E-state index contributed by atoms with van der Waals surface area (Å²) in [5.74, 6) is -0.0855. The molecule has 0 aliphatic carbocycles. The van der Waals surface area contributed by atoms with Crippen LogP contribution in [0.5, 0.6) is 0 Å². The van der Waals surface area contributed by atoms with E-state index in [2.05, 4.69) is 32.3 Å². The summed E-state index contributed by atoms with van der Waals surface area (Å²) < 4.78 is 0. The first-order valence-electron chi connectivity index (χ1n) is 6.07. The predicted octanol–water partition coefficient (Wildman–Crippen LogP) is 4.03. The molecule has 0 saturated carbocycles. The van der Waals surface area contributed by atoms with Crippen LogP contribution in [0.3, 0.4) is 0 Å². The van der Waals surface area contributed by atoms with Gasteiger partial charge in [0.05, 0.1) is 11.2 Å². The number of aryl methyl sites for hydroxylation is 2. The van der Waals surface area contributed by atoms with Crippen LogP contribution in [-0.2, 0) is 6.42 Å². The zero-order chi connectivity index (χ0) is 13.7. The van der Waals surface area contributed by atoms with Gasteiger partial charge in [-0.2, -0.15) is 0 Å². The van der Waals surface area contributed by atoms with Crippen molar-refractivity contribution >= 4 is 38.9 Å². The highest BCUT2D eigenvalue weighted by Gasteiger charge is 2.11. The summed E-state index contributed by atoms with van der Waals surface area (Å²) in [6, 6.07) is 7.98. The molecule has 0 saturated heterocycles. The SMILES string of the molecule is Cc1ncsc1C(=O)Nc1cccc(CCCBr)c1. The minimum atomic E-state index is -0.0855. The van der Waals surface area contributed by atoms with Gasteiger partial charge in [-0.3, -0.25) is 4.79 Å². The Kier molecular flexibility index (Phi) is 5.10. The van der Waals surface area contributed by atoms with Crippen molar-refractivity contribution in [2.75, 3.05) is 10.6 Å². The predicted molar refractivity (Wildman–Crippen MR) is 83.4 cm³/mol. The molecular formula is C14H15BrN2OS. The van der Waals surface area contributed by atoms with Gasteiger partial charge in [0, 0.05) is 11.0 Å². The van der Waals surface area contributed by atoms with Crippen molar-refractivity contribution in [3.8, 4) is 0 Å². The number of hydrogen-bond donors (Lipinski definition) is 1. The van der Waals surface area contributed by atoms with Crippen LogP contribution in [0.1, 0.15) is 27.3 Å². The molecule has 0 unspecified atom stereocenters. The number of anilines is 1. The number of hydrogen-bond acceptors (Lipinski definition) is 3. The molecule has 19 heavy (non-hydrogen) atoms. The minimum absolute atomic E-state index is 0.0855. The molecule has 0 aliphatic heterocycles. The van der Waals surface area contributed by atoms with Crippen LogP contribution >= 0.6 is 27.3 Å². The molecule has 100 valence electrons. The van der Waals surface area contributed by atoms with Crippen LogP contribution in [0.2, 0.25) is 0 Å². The number of benzene rings is 1. The molecule has 1 amide bonds. The number of rotatable bonds is 5. The highest BCUT2D eigenvalue weighted by Crippen LogP contribution is 2.17. The molecule has 2 aromatic rings. The first kappa shape index (κ1) is 14.2. The van der Waals surface area contributed by atoms with E-state index < -0.39 is 0 Å². The Labute approximate surface area is 125 Å². The second kappa shape index (κ2) is 6.82. The van der Waals surface area contributed by atoms with Crippen LogP contribution in [0.4, 0.5) is 5.69 Å². The summed E-state index contributed by atoms with van der Waals surface area (Å²) in [6.45, 7) is 1.85. The third-order valence-corrected chi connectivity index (χ3v) is 4.22. The number of nitrogens with zero attached hydrogens (tertiary/aromatic N) is 1. The minimum Gasteiger partial charge on any atom is -0.321 e. The molecule has 0 atom stereocenters. The molecule has 1 heterocycles. The number of amides is 1. The summed E-state index contributed by atoms with van der Waals surface area (Å²) in [5.41, 5.74) is 4.54. The lowest BCUT2D eigenvalue weighted by Gasteiger charge is -2.06. The van der Waals surface area contributed by atoms with Crippen molar-refractivity contribution in [3.63, 3.8) is 0 Å². The van der Waals surface area contributed by atoms with Crippen LogP contribution < -0.4 is 5.32 Å². The topological polar surface area (TPSA) is 42.0 Å². The van der Waals surface area contributed by atoms with E-state index in [4.69, 9.17) is 0 Å². The molecule has 0 fully saturated rings. The molecule has 0 bridgehead atoms. The first-order valence-corrected chi connectivity index (χ1v) is 8.07. The molecule has 1 aromatic carbocycles. The number of carbonyl (C=O) groups excluding carboxylic acids is 1. The van der Waals surface area contributed by atoms with Gasteiger partial charge in [0.15, 0.2) is 0 Å². The van der Waals surface area contributed by atoms with E-state index in [1.54, 1.807) is 5.51 Å². The van der Waals surface area contributed by atoms with Gasteiger partial charge in [-0.05, 0) is 37.5 Å². The van der Waals surface area contributed by atoms with E-state index in [9.17, 15) is 4.79 Å². The maximum atomic E-state index is 12.1. The van der Waals surface area contributed by atoms with Gasteiger partial charge in [0.2, 0.25) is 0 Å². The van der Waals surface area contributed by atoms with Gasteiger partial charge >= 0.3 is 0 Å². The lowest BCUT2D eigenvalue weighted by atomic mass is 10.1. The number of carbonyl (C=O) groups is 1. The number of alkyl halides is 1. The molecule has 0 radical (unpaired) electrons. The van der Waals surface area contributed by atoms with E-state index in [1.807, 2.05) is 25.1 Å². The molecule has 0 aliphatic rings. The fraction of sp³-hybridized carbons (Fsp3) is 0.286. The standard InChI is InChI=1S/C14H15BrN2OS/c1-10-13(19-9-16-10)14(18)17-12-6-2-4-11(8-12)5-3-7-15/h2,4,6,8-9H,3,5,7H2,1H3,(H,17,18). The van der Waals surface area contributed by atoms with Gasteiger partial charge in [-0.1, -0.05) is 28.1 Å².